The molecule has 0 saturated carbocycles. The van der Waals surface area contributed by atoms with E-state index in [2.05, 4.69) is 11.4 Å². The molecule has 150 valence electrons. The second-order valence-electron chi connectivity index (χ2n) is 6.55. The molecule has 1 aliphatic heterocycles. The van der Waals surface area contributed by atoms with E-state index in [1.165, 1.54) is 0 Å². The molecular formula is C22H23N3O3S. The number of nitrogens with one attached hydrogen (secondary N) is 1. The summed E-state index contributed by atoms with van der Waals surface area (Å²) in [4.78, 5) is 27.8. The van der Waals surface area contributed by atoms with Gasteiger partial charge in [-0.05, 0) is 30.7 Å². The van der Waals surface area contributed by atoms with Crippen molar-refractivity contribution >= 4 is 35.0 Å². The number of hydrogen-bond acceptors (Lipinski definition) is 5. The SMILES string of the molecule is N#CCCCOc1cccc(NC(=O)CCC(=O)N2CCSc3ccccc32)c1. The zero-order valence-corrected chi connectivity index (χ0v) is 16.9. The lowest BCUT2D eigenvalue weighted by molar-refractivity contribution is -0.122. The molecule has 2 amide bonds. The Morgan fingerprint density at radius 3 is 2.90 bits per heavy atom. The fraction of sp³-hybridized carbons (Fsp3) is 0.318. The molecule has 2 aromatic rings. The van der Waals surface area contributed by atoms with E-state index in [1.54, 1.807) is 40.9 Å². The zero-order valence-electron chi connectivity index (χ0n) is 16.1. The molecule has 1 heterocycles. The van der Waals surface area contributed by atoms with Crippen LogP contribution in [-0.4, -0.2) is 30.7 Å². The number of ether oxygens (including phenoxy) is 1. The second kappa shape index (κ2) is 10.5. The van der Waals surface area contributed by atoms with Crippen molar-refractivity contribution < 1.29 is 14.3 Å². The molecule has 0 fully saturated rings. The fourth-order valence-corrected chi connectivity index (χ4v) is 4.01. The van der Waals surface area contributed by atoms with Crippen LogP contribution in [-0.2, 0) is 9.59 Å². The topological polar surface area (TPSA) is 82.4 Å². The normalized spacial score (nSPS) is 12.6. The van der Waals surface area contributed by atoms with Gasteiger partial charge in [0.2, 0.25) is 11.8 Å². The van der Waals surface area contributed by atoms with Gasteiger partial charge in [0, 0.05) is 48.2 Å². The Morgan fingerprint density at radius 1 is 1.17 bits per heavy atom. The fourth-order valence-electron chi connectivity index (χ4n) is 3.01. The number of hydrogen-bond donors (Lipinski definition) is 1. The molecule has 1 N–H and O–H groups in total. The minimum absolute atomic E-state index is 0.0394. The number of carbonyl (C=O) groups is 2. The maximum atomic E-state index is 12.6. The van der Waals surface area contributed by atoms with Crippen LogP contribution < -0.4 is 15.0 Å². The summed E-state index contributed by atoms with van der Waals surface area (Å²) in [5.41, 5.74) is 1.55. The molecule has 0 aromatic heterocycles. The number of benzene rings is 2. The van der Waals surface area contributed by atoms with Crippen molar-refractivity contribution in [3.05, 3.63) is 48.5 Å². The first-order chi connectivity index (χ1) is 14.2. The van der Waals surface area contributed by atoms with Gasteiger partial charge in [-0.2, -0.15) is 5.26 Å². The number of fused-ring (bicyclic) bond motifs is 1. The van der Waals surface area contributed by atoms with Crippen LogP contribution in [0.4, 0.5) is 11.4 Å². The van der Waals surface area contributed by atoms with E-state index in [1.807, 2.05) is 24.3 Å². The summed E-state index contributed by atoms with van der Waals surface area (Å²) in [6.07, 6.45) is 1.39. The number of carbonyl (C=O) groups excluding carboxylic acids is 2. The van der Waals surface area contributed by atoms with Crippen molar-refractivity contribution in [3.63, 3.8) is 0 Å². The largest absolute Gasteiger partial charge is 0.493 e. The lowest BCUT2D eigenvalue weighted by atomic mass is 10.2. The van der Waals surface area contributed by atoms with E-state index in [0.717, 1.165) is 16.3 Å². The molecule has 3 rings (SSSR count). The molecule has 0 atom stereocenters. The van der Waals surface area contributed by atoms with Crippen LogP contribution in [0.2, 0.25) is 0 Å². The Bertz CT molecular complexity index is 910. The summed E-state index contributed by atoms with van der Waals surface area (Å²) in [6, 6.07) is 17.0. The number of nitrogens with zero attached hydrogens (tertiary/aromatic N) is 2. The summed E-state index contributed by atoms with van der Waals surface area (Å²) in [5.74, 6) is 1.25. The number of thioether (sulfide) groups is 1. The van der Waals surface area contributed by atoms with E-state index in [0.29, 0.717) is 37.4 Å². The smallest absolute Gasteiger partial charge is 0.227 e. The van der Waals surface area contributed by atoms with Gasteiger partial charge >= 0.3 is 0 Å². The van der Waals surface area contributed by atoms with Gasteiger partial charge in [-0.1, -0.05) is 18.2 Å². The molecule has 0 radical (unpaired) electrons. The maximum absolute atomic E-state index is 12.6. The van der Waals surface area contributed by atoms with Crippen LogP contribution in [0.15, 0.2) is 53.4 Å². The van der Waals surface area contributed by atoms with E-state index in [-0.39, 0.29) is 24.7 Å². The van der Waals surface area contributed by atoms with Crippen LogP contribution in [0.1, 0.15) is 25.7 Å². The minimum atomic E-state index is -0.209. The second-order valence-corrected chi connectivity index (χ2v) is 7.68. The van der Waals surface area contributed by atoms with Crippen molar-refractivity contribution in [2.45, 2.75) is 30.6 Å². The third-order valence-electron chi connectivity index (χ3n) is 4.41. The highest BCUT2D eigenvalue weighted by molar-refractivity contribution is 7.99. The van der Waals surface area contributed by atoms with Crippen molar-refractivity contribution in [1.29, 1.82) is 5.26 Å². The molecule has 29 heavy (non-hydrogen) atoms. The van der Waals surface area contributed by atoms with Gasteiger partial charge in [-0.25, -0.2) is 0 Å². The highest BCUT2D eigenvalue weighted by atomic mass is 32.2. The third kappa shape index (κ3) is 6.00. The molecule has 0 unspecified atom stereocenters. The molecule has 1 aliphatic rings. The van der Waals surface area contributed by atoms with Crippen LogP contribution in [0.3, 0.4) is 0 Å². The highest BCUT2D eigenvalue weighted by Gasteiger charge is 2.22. The molecular weight excluding hydrogens is 386 g/mol. The molecule has 0 spiro atoms. The number of unbranched alkanes of at least 4 members (excludes halogenated alkanes) is 1. The highest BCUT2D eigenvalue weighted by Crippen LogP contribution is 2.34. The Hall–Kier alpha value is -2.98. The number of rotatable bonds is 8. The van der Waals surface area contributed by atoms with E-state index >= 15 is 0 Å². The molecule has 7 heteroatoms. The van der Waals surface area contributed by atoms with Crippen LogP contribution >= 0.6 is 11.8 Å². The Morgan fingerprint density at radius 2 is 2.03 bits per heavy atom. The Labute approximate surface area is 174 Å². The summed E-state index contributed by atoms with van der Waals surface area (Å²) >= 11 is 1.74. The van der Waals surface area contributed by atoms with E-state index < -0.39 is 0 Å². The number of nitriles is 1. The summed E-state index contributed by atoms with van der Waals surface area (Å²) in [6.45, 7) is 1.11. The van der Waals surface area contributed by atoms with Gasteiger partial charge in [0.1, 0.15) is 5.75 Å². The first-order valence-electron chi connectivity index (χ1n) is 9.59. The van der Waals surface area contributed by atoms with E-state index in [9.17, 15) is 9.59 Å². The van der Waals surface area contributed by atoms with E-state index in [4.69, 9.17) is 10.00 Å². The molecule has 0 saturated heterocycles. The molecule has 2 aromatic carbocycles. The van der Waals surface area contributed by atoms with Gasteiger partial charge in [0.15, 0.2) is 0 Å². The Kier molecular flexibility index (Phi) is 7.54. The van der Waals surface area contributed by atoms with Crippen molar-refractivity contribution in [2.75, 3.05) is 29.1 Å². The third-order valence-corrected chi connectivity index (χ3v) is 5.46. The predicted octanol–water partition coefficient (Wildman–Crippen LogP) is 4.23. The summed E-state index contributed by atoms with van der Waals surface area (Å²) in [5, 5.41) is 11.4. The lowest BCUT2D eigenvalue weighted by Crippen LogP contribution is -2.35. The first kappa shape index (κ1) is 20.7. The number of amides is 2. The van der Waals surface area contributed by atoms with Crippen molar-refractivity contribution in [3.8, 4) is 11.8 Å². The average molecular weight is 410 g/mol. The van der Waals surface area contributed by atoms with Gasteiger partial charge in [-0.3, -0.25) is 9.59 Å². The first-order valence-corrected chi connectivity index (χ1v) is 10.6. The van der Waals surface area contributed by atoms with Crippen LogP contribution in [0.25, 0.3) is 0 Å². The summed E-state index contributed by atoms with van der Waals surface area (Å²) < 4.78 is 5.58. The monoisotopic (exact) mass is 409 g/mol. The number of para-hydroxylation sites is 1. The maximum Gasteiger partial charge on any atom is 0.227 e. The number of anilines is 2. The summed E-state index contributed by atoms with van der Waals surface area (Å²) in [7, 11) is 0. The van der Waals surface area contributed by atoms with Gasteiger partial charge < -0.3 is 15.0 Å². The predicted molar refractivity (Wildman–Crippen MR) is 114 cm³/mol. The lowest BCUT2D eigenvalue weighted by Gasteiger charge is -2.29. The van der Waals surface area contributed by atoms with Gasteiger partial charge in [0.25, 0.3) is 0 Å². The quantitative estimate of drug-likeness (QED) is 0.660. The molecule has 0 aliphatic carbocycles. The minimum Gasteiger partial charge on any atom is -0.493 e. The Balaban J connectivity index is 1.49. The average Bonchev–Trinajstić information content (AvgIpc) is 2.75. The van der Waals surface area contributed by atoms with Crippen LogP contribution in [0.5, 0.6) is 5.75 Å². The zero-order chi connectivity index (χ0) is 20.5. The standard InChI is InChI=1S/C22H23N3O3S/c23-12-3-4-14-28-18-7-5-6-17(16-18)24-21(26)10-11-22(27)25-13-15-29-20-9-2-1-8-19(20)25/h1-2,5-9,16H,3-4,10-11,13-15H2,(H,24,26). The van der Waals surface area contributed by atoms with Crippen molar-refractivity contribution in [1.82, 2.24) is 0 Å². The van der Waals surface area contributed by atoms with Crippen molar-refractivity contribution in [2.24, 2.45) is 0 Å². The van der Waals surface area contributed by atoms with Gasteiger partial charge in [-0.15, -0.1) is 11.8 Å². The molecule has 0 bridgehead atoms. The molecule has 6 nitrogen and oxygen atoms in total. The van der Waals surface area contributed by atoms with Crippen LogP contribution in [0, 0.1) is 11.3 Å². The van der Waals surface area contributed by atoms with Gasteiger partial charge in [0.05, 0.1) is 18.4 Å².